The molecule has 7 heteroatoms. The van der Waals surface area contributed by atoms with Crippen molar-refractivity contribution >= 4 is 33.7 Å². The van der Waals surface area contributed by atoms with Gasteiger partial charge in [0.25, 0.3) is 5.91 Å². The number of nitrogens with one attached hydrogen (secondary N) is 1. The number of carbonyl (C=O) groups is 1. The molecule has 23 heavy (non-hydrogen) atoms. The van der Waals surface area contributed by atoms with Gasteiger partial charge in [-0.3, -0.25) is 15.1 Å². The summed E-state index contributed by atoms with van der Waals surface area (Å²) in [4.78, 5) is 18.1. The van der Waals surface area contributed by atoms with Crippen molar-refractivity contribution in [3.63, 3.8) is 0 Å². The predicted octanol–water partition coefficient (Wildman–Crippen LogP) is 4.10. The molecule has 1 amide bonds. The number of nitrogens with zero attached hydrogens (tertiary/aromatic N) is 3. The van der Waals surface area contributed by atoms with E-state index in [0.717, 1.165) is 15.6 Å². The third kappa shape index (κ3) is 3.02. The summed E-state index contributed by atoms with van der Waals surface area (Å²) < 4.78 is 0. The zero-order chi connectivity index (χ0) is 15.8. The van der Waals surface area contributed by atoms with Gasteiger partial charge in [0.1, 0.15) is 5.01 Å². The Morgan fingerprint density at radius 1 is 1.26 bits per heavy atom. The van der Waals surface area contributed by atoms with Gasteiger partial charge in [0.05, 0.1) is 21.8 Å². The van der Waals surface area contributed by atoms with Crippen LogP contribution in [0.25, 0.3) is 10.6 Å². The summed E-state index contributed by atoms with van der Waals surface area (Å²) in [6, 6.07) is 7.70. The molecular formula is C16H14N4OS2. The smallest absolute Gasteiger partial charge is 0.259 e. The van der Waals surface area contributed by atoms with Gasteiger partial charge in [-0.2, -0.15) is 0 Å². The van der Waals surface area contributed by atoms with E-state index in [2.05, 4.69) is 20.5 Å². The maximum absolute atomic E-state index is 12.4. The summed E-state index contributed by atoms with van der Waals surface area (Å²) in [5.41, 5.74) is 2.16. The van der Waals surface area contributed by atoms with Crippen LogP contribution >= 0.6 is 22.7 Å². The van der Waals surface area contributed by atoms with Gasteiger partial charge < -0.3 is 0 Å². The molecule has 3 aromatic rings. The monoisotopic (exact) mass is 342 g/mol. The van der Waals surface area contributed by atoms with Crippen LogP contribution in [-0.2, 0) is 0 Å². The van der Waals surface area contributed by atoms with Crippen LogP contribution in [0.15, 0.2) is 29.6 Å². The molecule has 1 fully saturated rings. The lowest BCUT2D eigenvalue weighted by Gasteiger charge is -2.06. The first kappa shape index (κ1) is 14.5. The molecule has 0 unspecified atom stereocenters. The molecule has 3 heterocycles. The number of rotatable bonds is 4. The lowest BCUT2D eigenvalue weighted by molar-refractivity contribution is 0.102. The van der Waals surface area contributed by atoms with E-state index in [4.69, 9.17) is 0 Å². The number of pyridine rings is 1. The van der Waals surface area contributed by atoms with Crippen LogP contribution in [-0.4, -0.2) is 21.1 Å². The third-order valence-corrected chi connectivity index (χ3v) is 5.59. The van der Waals surface area contributed by atoms with E-state index < -0.39 is 0 Å². The molecule has 0 radical (unpaired) electrons. The Morgan fingerprint density at radius 2 is 2.13 bits per heavy atom. The molecule has 0 aromatic carbocycles. The summed E-state index contributed by atoms with van der Waals surface area (Å²) in [6.45, 7) is 1.85. The van der Waals surface area contributed by atoms with Crippen molar-refractivity contribution in [1.29, 1.82) is 0 Å². The first-order valence-electron chi connectivity index (χ1n) is 7.37. The fourth-order valence-corrected chi connectivity index (χ4v) is 3.91. The van der Waals surface area contributed by atoms with Crippen molar-refractivity contribution in [1.82, 2.24) is 15.2 Å². The molecule has 116 valence electrons. The van der Waals surface area contributed by atoms with E-state index >= 15 is 0 Å². The standard InChI is InChI=1S/C16H14N4OS2/c1-9-11(6-7-12(17-9)13-3-2-8-22-13)14(21)18-16-20-19-15(23-16)10-4-5-10/h2-3,6-8,10H,4-5H2,1H3,(H,18,20,21). The van der Waals surface area contributed by atoms with Crippen LogP contribution in [0.3, 0.4) is 0 Å². The summed E-state index contributed by atoms with van der Waals surface area (Å²) in [7, 11) is 0. The Labute approximate surface area is 141 Å². The van der Waals surface area contributed by atoms with Crippen LogP contribution in [0.2, 0.25) is 0 Å². The van der Waals surface area contributed by atoms with E-state index in [1.165, 1.54) is 24.2 Å². The van der Waals surface area contributed by atoms with Gasteiger partial charge in [-0.1, -0.05) is 17.4 Å². The highest BCUT2D eigenvalue weighted by Gasteiger charge is 2.27. The number of aryl methyl sites for hydroxylation is 1. The van der Waals surface area contributed by atoms with E-state index in [0.29, 0.717) is 22.3 Å². The molecule has 1 aliphatic carbocycles. The topological polar surface area (TPSA) is 67.8 Å². The van der Waals surface area contributed by atoms with Crippen molar-refractivity contribution in [2.75, 3.05) is 5.32 Å². The fraction of sp³-hybridized carbons (Fsp3) is 0.250. The average Bonchev–Trinajstić information content (AvgIpc) is 3.06. The third-order valence-electron chi connectivity index (χ3n) is 3.69. The number of thiophene rings is 1. The Hall–Kier alpha value is -2.12. The van der Waals surface area contributed by atoms with Crippen molar-refractivity contribution in [3.8, 4) is 10.6 Å². The maximum Gasteiger partial charge on any atom is 0.259 e. The number of aromatic nitrogens is 3. The van der Waals surface area contributed by atoms with Gasteiger partial charge in [-0.25, -0.2) is 0 Å². The highest BCUT2D eigenvalue weighted by molar-refractivity contribution is 7.15. The van der Waals surface area contributed by atoms with Crippen molar-refractivity contribution < 1.29 is 4.79 Å². The van der Waals surface area contributed by atoms with Crippen LogP contribution < -0.4 is 5.32 Å². The maximum atomic E-state index is 12.4. The SMILES string of the molecule is Cc1nc(-c2cccs2)ccc1C(=O)Nc1nnc(C2CC2)s1. The zero-order valence-corrected chi connectivity index (χ0v) is 14.1. The number of amides is 1. The summed E-state index contributed by atoms with van der Waals surface area (Å²) >= 11 is 3.09. The number of hydrogen-bond donors (Lipinski definition) is 1. The zero-order valence-electron chi connectivity index (χ0n) is 12.4. The van der Waals surface area contributed by atoms with E-state index in [1.54, 1.807) is 11.3 Å². The number of hydrogen-bond acceptors (Lipinski definition) is 6. The highest BCUT2D eigenvalue weighted by Crippen LogP contribution is 2.42. The Kier molecular flexibility index (Phi) is 3.66. The van der Waals surface area contributed by atoms with Crippen LogP contribution in [0.1, 0.15) is 39.8 Å². The second kappa shape index (κ2) is 5.82. The average molecular weight is 342 g/mol. The lowest BCUT2D eigenvalue weighted by Crippen LogP contribution is -2.14. The van der Waals surface area contributed by atoms with Crippen LogP contribution in [0.4, 0.5) is 5.13 Å². The molecule has 1 N–H and O–H groups in total. The summed E-state index contributed by atoms with van der Waals surface area (Å²) in [6.07, 6.45) is 2.35. The molecular weight excluding hydrogens is 328 g/mol. The largest absolute Gasteiger partial charge is 0.296 e. The van der Waals surface area contributed by atoms with Gasteiger partial charge in [0, 0.05) is 5.92 Å². The Bertz CT molecular complexity index is 853. The molecule has 4 rings (SSSR count). The number of anilines is 1. The number of carbonyl (C=O) groups excluding carboxylic acids is 1. The van der Waals surface area contributed by atoms with Crippen LogP contribution in [0.5, 0.6) is 0 Å². The quantitative estimate of drug-likeness (QED) is 0.775. The first-order valence-corrected chi connectivity index (χ1v) is 9.06. The van der Waals surface area contributed by atoms with E-state index in [1.807, 2.05) is 36.6 Å². The molecule has 0 saturated heterocycles. The minimum absolute atomic E-state index is 0.189. The minimum atomic E-state index is -0.189. The fourth-order valence-electron chi connectivity index (χ4n) is 2.31. The van der Waals surface area contributed by atoms with E-state index in [9.17, 15) is 4.79 Å². The van der Waals surface area contributed by atoms with Gasteiger partial charge in [-0.05, 0) is 43.3 Å². The first-order chi connectivity index (χ1) is 11.2. The van der Waals surface area contributed by atoms with Crippen molar-refractivity contribution in [2.45, 2.75) is 25.7 Å². The normalized spacial score (nSPS) is 14.0. The second-order valence-corrected chi connectivity index (χ2v) is 7.44. The summed E-state index contributed by atoms with van der Waals surface area (Å²) in [5.74, 6) is 0.359. The van der Waals surface area contributed by atoms with Gasteiger partial charge in [0.15, 0.2) is 0 Å². The Morgan fingerprint density at radius 3 is 2.83 bits per heavy atom. The molecule has 1 aliphatic rings. The van der Waals surface area contributed by atoms with Gasteiger partial charge in [0.2, 0.25) is 5.13 Å². The molecule has 5 nitrogen and oxygen atoms in total. The second-order valence-electron chi connectivity index (χ2n) is 5.48. The molecule has 0 spiro atoms. The molecule has 0 bridgehead atoms. The predicted molar refractivity (Wildman–Crippen MR) is 92.1 cm³/mol. The lowest BCUT2D eigenvalue weighted by atomic mass is 10.1. The van der Waals surface area contributed by atoms with Gasteiger partial charge in [-0.15, -0.1) is 21.5 Å². The van der Waals surface area contributed by atoms with Crippen molar-refractivity contribution in [2.24, 2.45) is 0 Å². The van der Waals surface area contributed by atoms with E-state index in [-0.39, 0.29) is 5.91 Å². The van der Waals surface area contributed by atoms with Gasteiger partial charge >= 0.3 is 0 Å². The van der Waals surface area contributed by atoms with Crippen molar-refractivity contribution in [3.05, 3.63) is 45.9 Å². The molecule has 0 atom stereocenters. The highest BCUT2D eigenvalue weighted by atomic mass is 32.1. The van der Waals surface area contributed by atoms with Crippen LogP contribution in [0, 0.1) is 6.92 Å². The summed E-state index contributed by atoms with van der Waals surface area (Å²) in [5, 5.41) is 14.6. The molecule has 3 aromatic heterocycles. The minimum Gasteiger partial charge on any atom is -0.296 e. The Balaban J connectivity index is 1.53. The molecule has 1 saturated carbocycles. The molecule has 0 aliphatic heterocycles.